The summed E-state index contributed by atoms with van der Waals surface area (Å²) in [7, 11) is -0.201. The van der Waals surface area contributed by atoms with E-state index < -0.39 is 0 Å². The van der Waals surface area contributed by atoms with Crippen molar-refractivity contribution in [1.29, 1.82) is 0 Å². The van der Waals surface area contributed by atoms with Gasteiger partial charge in [-0.05, 0) is 26.0 Å². The van der Waals surface area contributed by atoms with Crippen molar-refractivity contribution in [2.24, 2.45) is 0 Å². The van der Waals surface area contributed by atoms with Crippen molar-refractivity contribution in [2.45, 2.75) is 32.2 Å². The molecule has 0 bridgehead atoms. The fourth-order valence-corrected chi connectivity index (χ4v) is 3.33. The molecule has 0 unspecified atom stereocenters. The summed E-state index contributed by atoms with van der Waals surface area (Å²) in [6, 6.07) is 1.27. The van der Waals surface area contributed by atoms with E-state index >= 15 is 0 Å². The van der Waals surface area contributed by atoms with Gasteiger partial charge in [0.15, 0.2) is 0 Å². The quantitative estimate of drug-likeness (QED) is 0.286. The summed E-state index contributed by atoms with van der Waals surface area (Å²) >= 11 is 4.17. The molecule has 0 aromatic heterocycles. The fraction of sp³-hybridized carbons (Fsp3) is 1.00. The van der Waals surface area contributed by atoms with E-state index in [4.69, 9.17) is 9.47 Å². The zero-order valence-electron chi connectivity index (χ0n) is 8.08. The Labute approximate surface area is 112 Å². The molecule has 0 saturated heterocycles. The number of hydrogen-bond donors (Lipinski definition) is 1. The molecule has 13 heavy (non-hydrogen) atoms. The average Bonchev–Trinajstić information content (AvgIpc) is 2.06. The van der Waals surface area contributed by atoms with Gasteiger partial charge in [-0.2, -0.15) is 12.6 Å². The molecule has 0 amide bonds. The molecule has 0 radical (unpaired) electrons. The summed E-state index contributed by atoms with van der Waals surface area (Å²) in [5, 5.41) is 0. The number of ether oxygens (including phenoxy) is 2. The van der Waals surface area contributed by atoms with Crippen LogP contribution in [0.15, 0.2) is 0 Å². The van der Waals surface area contributed by atoms with Crippen LogP contribution in [0.4, 0.5) is 0 Å². The molecule has 0 rings (SSSR count). The standard InChI is InChI=1S/C8H20O2SSi.Na.H/c1-3-9-8(10-4-2)12-7-5-6-11;;/h8,11H,3-7,12H2,1-2H3;;. The summed E-state index contributed by atoms with van der Waals surface area (Å²) < 4.78 is 10.9. The van der Waals surface area contributed by atoms with E-state index in [0.29, 0.717) is 0 Å². The minimum absolute atomic E-state index is 0. The molecule has 0 fully saturated rings. The third kappa shape index (κ3) is 11.4. The first kappa shape index (κ1) is 16.9. The van der Waals surface area contributed by atoms with Gasteiger partial charge in [0.25, 0.3) is 0 Å². The van der Waals surface area contributed by atoms with Gasteiger partial charge in [0.2, 0.25) is 0 Å². The molecule has 0 N–H and O–H groups in total. The van der Waals surface area contributed by atoms with E-state index in [0.717, 1.165) is 19.0 Å². The molecule has 5 heteroatoms. The Morgan fingerprint density at radius 2 is 1.77 bits per heavy atom. The Hall–Kier alpha value is 1.49. The second kappa shape index (κ2) is 13.5. The van der Waals surface area contributed by atoms with Crippen LogP contribution in [-0.2, 0) is 9.47 Å². The van der Waals surface area contributed by atoms with Crippen LogP contribution >= 0.6 is 12.6 Å². The molecule has 0 aliphatic carbocycles. The normalized spacial score (nSPS) is 11.1. The SMILES string of the molecule is CCOC(OCC)[SiH2]CCCS.[NaH]. The zero-order valence-corrected chi connectivity index (χ0v) is 10.4. The van der Waals surface area contributed by atoms with E-state index in [-0.39, 0.29) is 45.0 Å². The van der Waals surface area contributed by atoms with E-state index in [1.165, 1.54) is 12.5 Å². The van der Waals surface area contributed by atoms with E-state index in [1.807, 2.05) is 13.8 Å². The van der Waals surface area contributed by atoms with Crippen molar-refractivity contribution < 1.29 is 9.47 Å². The molecule has 0 aromatic carbocycles. The molecule has 0 heterocycles. The van der Waals surface area contributed by atoms with E-state index in [2.05, 4.69) is 12.6 Å². The van der Waals surface area contributed by atoms with Crippen LogP contribution in [0.2, 0.25) is 6.04 Å². The number of thiol groups is 1. The summed E-state index contributed by atoms with van der Waals surface area (Å²) in [4.78, 5) is 0. The molecular weight excluding hydrogens is 211 g/mol. The third-order valence-corrected chi connectivity index (χ3v) is 3.72. The number of hydrogen-bond acceptors (Lipinski definition) is 3. The van der Waals surface area contributed by atoms with Gasteiger partial charge < -0.3 is 9.47 Å². The summed E-state index contributed by atoms with van der Waals surface area (Å²) in [6.45, 7) is 5.55. The predicted octanol–water partition coefficient (Wildman–Crippen LogP) is 0.601. The van der Waals surface area contributed by atoms with Crippen LogP contribution in [-0.4, -0.2) is 64.0 Å². The molecular formula is C8H21NaO2SSi. The van der Waals surface area contributed by atoms with Gasteiger partial charge >= 0.3 is 29.6 Å². The van der Waals surface area contributed by atoms with Crippen molar-refractivity contribution in [3.05, 3.63) is 0 Å². The second-order valence-electron chi connectivity index (χ2n) is 2.56. The van der Waals surface area contributed by atoms with E-state index in [1.54, 1.807) is 0 Å². The van der Waals surface area contributed by atoms with Gasteiger partial charge in [0.05, 0.1) is 9.52 Å². The average molecular weight is 232 g/mol. The molecule has 0 spiro atoms. The van der Waals surface area contributed by atoms with Crippen molar-refractivity contribution in [3.63, 3.8) is 0 Å². The zero-order chi connectivity index (χ0) is 9.23. The summed E-state index contributed by atoms with van der Waals surface area (Å²) in [5.74, 6) is 1.12. The molecule has 0 aromatic rings. The first-order chi connectivity index (χ1) is 5.85. The maximum absolute atomic E-state index is 5.44. The Kier molecular flexibility index (Phi) is 17.5. The summed E-state index contributed by atoms with van der Waals surface area (Å²) in [5.41, 5.74) is 0. The Morgan fingerprint density at radius 3 is 2.15 bits per heavy atom. The predicted molar refractivity (Wildman–Crippen MR) is 66.0 cm³/mol. The fourth-order valence-electron chi connectivity index (χ4n) is 1.01. The summed E-state index contributed by atoms with van der Waals surface area (Å²) in [6.07, 6.45) is 1.20. The molecule has 0 saturated carbocycles. The van der Waals surface area contributed by atoms with Crippen molar-refractivity contribution >= 4 is 51.7 Å². The van der Waals surface area contributed by atoms with Gasteiger partial charge in [0, 0.05) is 13.2 Å². The van der Waals surface area contributed by atoms with Crippen LogP contribution in [0.25, 0.3) is 0 Å². The van der Waals surface area contributed by atoms with Gasteiger partial charge in [0.1, 0.15) is 5.91 Å². The van der Waals surface area contributed by atoms with Crippen molar-refractivity contribution in [1.82, 2.24) is 0 Å². The molecule has 0 aliphatic rings. The maximum atomic E-state index is 5.44. The van der Waals surface area contributed by atoms with Crippen LogP contribution in [0.5, 0.6) is 0 Å². The van der Waals surface area contributed by atoms with Gasteiger partial charge in [-0.1, -0.05) is 6.04 Å². The van der Waals surface area contributed by atoms with Crippen LogP contribution < -0.4 is 0 Å². The molecule has 0 atom stereocenters. The van der Waals surface area contributed by atoms with Crippen molar-refractivity contribution in [3.8, 4) is 0 Å². The van der Waals surface area contributed by atoms with Gasteiger partial charge in [-0.15, -0.1) is 0 Å². The minimum atomic E-state index is -0.201. The molecule has 2 nitrogen and oxygen atoms in total. The van der Waals surface area contributed by atoms with Gasteiger partial charge in [-0.25, -0.2) is 0 Å². The Bertz CT molecular complexity index is 92.2. The van der Waals surface area contributed by atoms with Crippen LogP contribution in [0, 0.1) is 0 Å². The second-order valence-corrected chi connectivity index (χ2v) is 4.96. The molecule has 76 valence electrons. The van der Waals surface area contributed by atoms with Crippen LogP contribution in [0.1, 0.15) is 20.3 Å². The van der Waals surface area contributed by atoms with Crippen LogP contribution in [0.3, 0.4) is 0 Å². The Morgan fingerprint density at radius 1 is 1.23 bits per heavy atom. The third-order valence-electron chi connectivity index (χ3n) is 1.55. The topological polar surface area (TPSA) is 18.5 Å². The molecule has 0 aliphatic heterocycles. The van der Waals surface area contributed by atoms with E-state index in [9.17, 15) is 0 Å². The van der Waals surface area contributed by atoms with Gasteiger partial charge in [-0.3, -0.25) is 0 Å². The Balaban J connectivity index is 0. The first-order valence-electron chi connectivity index (χ1n) is 4.69. The number of rotatable bonds is 8. The monoisotopic (exact) mass is 232 g/mol. The van der Waals surface area contributed by atoms with Crippen molar-refractivity contribution in [2.75, 3.05) is 19.0 Å². The first-order valence-corrected chi connectivity index (χ1v) is 7.14.